The number of ether oxygens (including phenoxy) is 1. The minimum Gasteiger partial charge on any atom is -0.375 e. The summed E-state index contributed by atoms with van der Waals surface area (Å²) < 4.78 is 5.62. The van der Waals surface area contributed by atoms with Crippen LogP contribution in [0.2, 0.25) is 0 Å². The molecule has 1 heterocycles. The molecule has 2 aromatic rings. The van der Waals surface area contributed by atoms with Gasteiger partial charge in [0.05, 0.1) is 13.2 Å². The molecule has 7 heteroatoms. The summed E-state index contributed by atoms with van der Waals surface area (Å²) >= 11 is 5.35. The first-order valence-electron chi connectivity index (χ1n) is 8.58. The SMILES string of the molecule is N=C(N)N(CCCc1ccccn1)C(=S)NCCOCc1ccccc1. The largest absolute Gasteiger partial charge is 0.375 e. The van der Waals surface area contributed by atoms with Crippen LogP contribution in [0.25, 0.3) is 0 Å². The lowest BCUT2D eigenvalue weighted by atomic mass is 10.2. The van der Waals surface area contributed by atoms with Gasteiger partial charge in [-0.25, -0.2) is 0 Å². The molecule has 0 amide bonds. The van der Waals surface area contributed by atoms with E-state index in [0.29, 0.717) is 31.4 Å². The molecule has 0 bridgehead atoms. The molecule has 6 nitrogen and oxygen atoms in total. The van der Waals surface area contributed by atoms with Crippen LogP contribution < -0.4 is 11.1 Å². The summed E-state index contributed by atoms with van der Waals surface area (Å²) in [6, 6.07) is 15.8. The number of nitrogens with one attached hydrogen (secondary N) is 2. The van der Waals surface area contributed by atoms with Gasteiger partial charge in [0, 0.05) is 25.0 Å². The zero-order valence-corrected chi connectivity index (χ0v) is 15.5. The van der Waals surface area contributed by atoms with Crippen molar-refractivity contribution < 1.29 is 4.74 Å². The quantitative estimate of drug-likeness (QED) is 0.271. The van der Waals surface area contributed by atoms with Crippen LogP contribution in [0.1, 0.15) is 17.7 Å². The molecule has 0 saturated carbocycles. The maximum absolute atomic E-state index is 7.72. The van der Waals surface area contributed by atoms with Crippen molar-refractivity contribution in [2.45, 2.75) is 19.4 Å². The number of thiocarbonyl (C=S) groups is 1. The molecule has 1 aromatic heterocycles. The van der Waals surface area contributed by atoms with Gasteiger partial charge in [0.25, 0.3) is 0 Å². The maximum Gasteiger partial charge on any atom is 0.194 e. The van der Waals surface area contributed by atoms with Gasteiger partial charge < -0.3 is 15.8 Å². The Morgan fingerprint density at radius 1 is 1.19 bits per heavy atom. The van der Waals surface area contributed by atoms with Crippen LogP contribution in [0.15, 0.2) is 54.7 Å². The van der Waals surface area contributed by atoms with Crippen molar-refractivity contribution in [3.63, 3.8) is 0 Å². The van der Waals surface area contributed by atoms with Crippen LogP contribution >= 0.6 is 12.2 Å². The lowest BCUT2D eigenvalue weighted by Crippen LogP contribution is -2.47. The van der Waals surface area contributed by atoms with E-state index in [0.717, 1.165) is 24.1 Å². The fourth-order valence-electron chi connectivity index (χ4n) is 2.39. The van der Waals surface area contributed by atoms with Crippen LogP contribution in [0.3, 0.4) is 0 Å². The second-order valence-corrected chi connectivity index (χ2v) is 6.12. The highest BCUT2D eigenvalue weighted by Gasteiger charge is 2.12. The van der Waals surface area contributed by atoms with E-state index in [9.17, 15) is 0 Å². The number of pyridine rings is 1. The van der Waals surface area contributed by atoms with Crippen LogP contribution in [-0.2, 0) is 17.8 Å². The monoisotopic (exact) mass is 371 g/mol. The second-order valence-electron chi connectivity index (χ2n) is 5.73. The summed E-state index contributed by atoms with van der Waals surface area (Å²) in [6.07, 6.45) is 3.40. The zero-order valence-electron chi connectivity index (χ0n) is 14.7. The number of nitrogens with two attached hydrogens (primary N) is 1. The molecule has 26 heavy (non-hydrogen) atoms. The molecular formula is C19H25N5OS. The molecule has 0 fully saturated rings. The summed E-state index contributed by atoms with van der Waals surface area (Å²) in [6.45, 7) is 2.22. The molecule has 4 N–H and O–H groups in total. The maximum atomic E-state index is 7.72. The average molecular weight is 372 g/mol. The molecule has 0 aliphatic carbocycles. The summed E-state index contributed by atoms with van der Waals surface area (Å²) in [7, 11) is 0. The van der Waals surface area contributed by atoms with Crippen molar-refractivity contribution in [2.75, 3.05) is 19.7 Å². The van der Waals surface area contributed by atoms with Gasteiger partial charge in [0.1, 0.15) is 0 Å². The highest BCUT2D eigenvalue weighted by molar-refractivity contribution is 7.80. The van der Waals surface area contributed by atoms with E-state index in [-0.39, 0.29) is 5.96 Å². The third kappa shape index (κ3) is 7.16. The van der Waals surface area contributed by atoms with E-state index < -0.39 is 0 Å². The number of benzene rings is 1. The summed E-state index contributed by atoms with van der Waals surface area (Å²) in [4.78, 5) is 5.88. The van der Waals surface area contributed by atoms with E-state index >= 15 is 0 Å². The van der Waals surface area contributed by atoms with Crippen molar-refractivity contribution in [3.05, 3.63) is 66.0 Å². The van der Waals surface area contributed by atoms with Gasteiger partial charge in [0.2, 0.25) is 0 Å². The first-order valence-corrected chi connectivity index (χ1v) is 8.98. The van der Waals surface area contributed by atoms with Crippen molar-refractivity contribution >= 4 is 23.3 Å². The molecule has 0 atom stereocenters. The Balaban J connectivity index is 1.66. The van der Waals surface area contributed by atoms with E-state index in [1.54, 1.807) is 11.1 Å². The topological polar surface area (TPSA) is 87.3 Å². The molecule has 0 aliphatic rings. The third-order valence-electron chi connectivity index (χ3n) is 3.71. The first kappa shape index (κ1) is 19.8. The Kier molecular flexibility index (Phi) is 8.51. The Labute approximate surface area is 159 Å². The summed E-state index contributed by atoms with van der Waals surface area (Å²) in [5.41, 5.74) is 7.81. The second kappa shape index (κ2) is 11.2. The Morgan fingerprint density at radius 2 is 1.96 bits per heavy atom. The fraction of sp³-hybridized carbons (Fsp3) is 0.316. The molecule has 1 aromatic carbocycles. The van der Waals surface area contributed by atoms with E-state index in [2.05, 4.69) is 10.3 Å². The predicted octanol–water partition coefficient (Wildman–Crippen LogP) is 2.30. The van der Waals surface area contributed by atoms with Gasteiger partial charge in [-0.1, -0.05) is 36.4 Å². The Bertz CT molecular complexity index is 681. The molecule has 0 unspecified atom stereocenters. The van der Waals surface area contributed by atoms with Gasteiger partial charge in [-0.2, -0.15) is 0 Å². The van der Waals surface area contributed by atoms with Crippen LogP contribution in [0.4, 0.5) is 0 Å². The van der Waals surface area contributed by atoms with Gasteiger partial charge in [-0.05, 0) is 42.8 Å². The van der Waals surface area contributed by atoms with Crippen molar-refractivity contribution in [3.8, 4) is 0 Å². The standard InChI is InChI=1S/C19H25N5OS/c20-18(21)24(13-6-10-17-9-4-5-11-22-17)19(26)23-12-14-25-15-16-7-2-1-3-8-16/h1-5,7-9,11H,6,10,12-15H2,(H3,20,21)(H,23,26). The van der Waals surface area contributed by atoms with Gasteiger partial charge in [-0.15, -0.1) is 0 Å². The first-order chi connectivity index (χ1) is 12.7. The minimum atomic E-state index is -0.0614. The number of aromatic nitrogens is 1. The molecule has 138 valence electrons. The highest BCUT2D eigenvalue weighted by Crippen LogP contribution is 2.02. The molecule has 0 spiro atoms. The van der Waals surface area contributed by atoms with Crippen molar-refractivity contribution in [1.29, 1.82) is 5.41 Å². The van der Waals surface area contributed by atoms with E-state index in [4.69, 9.17) is 28.1 Å². The summed E-state index contributed by atoms with van der Waals surface area (Å²) in [5, 5.41) is 11.3. The lowest BCUT2D eigenvalue weighted by molar-refractivity contribution is 0.125. The van der Waals surface area contributed by atoms with Gasteiger partial charge in [0.15, 0.2) is 11.1 Å². The van der Waals surface area contributed by atoms with Crippen LogP contribution in [0, 0.1) is 5.41 Å². The van der Waals surface area contributed by atoms with E-state index in [1.165, 1.54) is 0 Å². The number of rotatable bonds is 9. The van der Waals surface area contributed by atoms with Gasteiger partial charge >= 0.3 is 0 Å². The summed E-state index contributed by atoms with van der Waals surface area (Å²) in [5.74, 6) is -0.0614. The normalized spacial score (nSPS) is 10.3. The van der Waals surface area contributed by atoms with Gasteiger partial charge in [-0.3, -0.25) is 15.3 Å². The zero-order chi connectivity index (χ0) is 18.6. The molecule has 0 radical (unpaired) electrons. The Morgan fingerprint density at radius 3 is 2.65 bits per heavy atom. The van der Waals surface area contributed by atoms with Crippen LogP contribution in [0.5, 0.6) is 0 Å². The Hall–Kier alpha value is -2.51. The average Bonchev–Trinajstić information content (AvgIpc) is 2.66. The number of guanidine groups is 1. The van der Waals surface area contributed by atoms with Crippen LogP contribution in [-0.4, -0.2) is 40.7 Å². The fourth-order valence-corrected chi connectivity index (χ4v) is 2.68. The molecular weight excluding hydrogens is 346 g/mol. The van der Waals surface area contributed by atoms with Crippen molar-refractivity contribution in [2.24, 2.45) is 5.73 Å². The highest BCUT2D eigenvalue weighted by atomic mass is 32.1. The number of aryl methyl sites for hydroxylation is 1. The molecule has 0 aliphatic heterocycles. The number of nitrogens with zero attached hydrogens (tertiary/aromatic N) is 2. The smallest absolute Gasteiger partial charge is 0.194 e. The van der Waals surface area contributed by atoms with Crippen molar-refractivity contribution in [1.82, 2.24) is 15.2 Å². The number of hydrogen-bond donors (Lipinski definition) is 3. The predicted molar refractivity (Wildman–Crippen MR) is 108 cm³/mol. The molecule has 2 rings (SSSR count). The molecule has 0 saturated heterocycles. The van der Waals surface area contributed by atoms with E-state index in [1.807, 2.05) is 48.5 Å². The lowest BCUT2D eigenvalue weighted by Gasteiger charge is -2.23. The third-order valence-corrected chi connectivity index (χ3v) is 4.08. The number of hydrogen-bond acceptors (Lipinski definition) is 4. The minimum absolute atomic E-state index is 0.0614.